The minimum Gasteiger partial charge on any atom is -0.356 e. The van der Waals surface area contributed by atoms with Gasteiger partial charge in [-0.15, -0.1) is 0 Å². The zero-order valence-electron chi connectivity index (χ0n) is 18.4. The molecule has 1 aliphatic heterocycles. The summed E-state index contributed by atoms with van der Waals surface area (Å²) in [5.74, 6) is 1.23. The van der Waals surface area contributed by atoms with Gasteiger partial charge < -0.3 is 9.88 Å². The van der Waals surface area contributed by atoms with E-state index in [1.165, 1.54) is 5.56 Å². The van der Waals surface area contributed by atoms with E-state index in [-0.39, 0.29) is 5.91 Å². The first-order valence-corrected chi connectivity index (χ1v) is 11.1. The Morgan fingerprint density at radius 1 is 1.06 bits per heavy atom. The molecule has 4 rings (SSSR count). The standard InChI is InChI=1S/C25H31N5O/c1-3-27-24(31)25(11-15-29(19-25)18-23-28-14-16-30(23)4-2)17-20-5-7-21(8-6-20)22-9-12-26-13-10-22/h5-10,12-14,16H,3-4,11,15,17-19H2,1-2H3,(H,27,31)/t25-/m1/s1. The van der Waals surface area contributed by atoms with Crippen molar-refractivity contribution in [3.8, 4) is 11.1 Å². The molecule has 1 amide bonds. The van der Waals surface area contributed by atoms with Gasteiger partial charge in [-0.05, 0) is 62.1 Å². The first-order valence-electron chi connectivity index (χ1n) is 11.1. The van der Waals surface area contributed by atoms with Crippen molar-refractivity contribution in [2.75, 3.05) is 19.6 Å². The highest BCUT2D eigenvalue weighted by Crippen LogP contribution is 2.36. The van der Waals surface area contributed by atoms with Gasteiger partial charge in [0.2, 0.25) is 5.91 Å². The molecular formula is C25H31N5O. The van der Waals surface area contributed by atoms with Gasteiger partial charge in [0.25, 0.3) is 0 Å². The van der Waals surface area contributed by atoms with Crippen molar-refractivity contribution >= 4 is 5.91 Å². The van der Waals surface area contributed by atoms with E-state index in [0.29, 0.717) is 6.54 Å². The zero-order valence-corrected chi connectivity index (χ0v) is 18.4. The van der Waals surface area contributed by atoms with E-state index >= 15 is 0 Å². The highest BCUT2D eigenvalue weighted by atomic mass is 16.2. The van der Waals surface area contributed by atoms with Crippen LogP contribution in [0.4, 0.5) is 0 Å². The van der Waals surface area contributed by atoms with E-state index in [4.69, 9.17) is 0 Å². The number of amides is 1. The summed E-state index contributed by atoms with van der Waals surface area (Å²) in [5, 5.41) is 3.09. The normalized spacial score (nSPS) is 18.9. The predicted octanol–water partition coefficient (Wildman–Crippen LogP) is 3.54. The van der Waals surface area contributed by atoms with E-state index in [1.807, 2.05) is 43.8 Å². The molecule has 2 aromatic heterocycles. The molecule has 31 heavy (non-hydrogen) atoms. The summed E-state index contributed by atoms with van der Waals surface area (Å²) in [7, 11) is 0. The SMILES string of the molecule is CCNC(=O)[C@@]1(Cc2ccc(-c3ccncc3)cc2)CCN(Cc2nccn2CC)C1. The molecule has 1 aliphatic rings. The number of carbonyl (C=O) groups excluding carboxylic acids is 1. The number of rotatable bonds is 8. The Balaban J connectivity index is 1.51. The molecule has 3 aromatic rings. The number of nitrogens with one attached hydrogen (secondary N) is 1. The molecule has 1 fully saturated rings. The zero-order chi connectivity index (χ0) is 21.7. The summed E-state index contributed by atoms with van der Waals surface area (Å²) in [6.45, 7) is 8.12. The molecule has 0 saturated carbocycles. The molecule has 1 aromatic carbocycles. The van der Waals surface area contributed by atoms with Gasteiger partial charge in [0, 0.05) is 44.4 Å². The van der Waals surface area contributed by atoms with E-state index in [0.717, 1.165) is 56.0 Å². The third kappa shape index (κ3) is 4.69. The highest BCUT2D eigenvalue weighted by molar-refractivity contribution is 5.83. The van der Waals surface area contributed by atoms with Gasteiger partial charge in [-0.2, -0.15) is 0 Å². The van der Waals surface area contributed by atoms with Gasteiger partial charge >= 0.3 is 0 Å². The predicted molar refractivity (Wildman–Crippen MR) is 122 cm³/mol. The number of hydrogen-bond acceptors (Lipinski definition) is 4. The van der Waals surface area contributed by atoms with Crippen LogP contribution >= 0.6 is 0 Å². The van der Waals surface area contributed by atoms with Crippen LogP contribution in [0.25, 0.3) is 11.1 Å². The number of benzene rings is 1. The summed E-state index contributed by atoms with van der Waals surface area (Å²) in [5.41, 5.74) is 3.11. The highest BCUT2D eigenvalue weighted by Gasteiger charge is 2.44. The fourth-order valence-corrected chi connectivity index (χ4v) is 4.58. The maximum atomic E-state index is 13.2. The molecule has 0 spiro atoms. The fraction of sp³-hybridized carbons (Fsp3) is 0.400. The third-order valence-corrected chi connectivity index (χ3v) is 6.27. The van der Waals surface area contributed by atoms with E-state index in [2.05, 4.69) is 55.9 Å². The smallest absolute Gasteiger partial charge is 0.227 e. The lowest BCUT2D eigenvalue weighted by atomic mass is 9.79. The van der Waals surface area contributed by atoms with Crippen LogP contribution < -0.4 is 5.32 Å². The van der Waals surface area contributed by atoms with Crippen LogP contribution in [0.5, 0.6) is 0 Å². The lowest BCUT2D eigenvalue weighted by Gasteiger charge is -2.28. The first kappa shape index (κ1) is 21.2. The van der Waals surface area contributed by atoms with Crippen molar-refractivity contribution in [2.45, 2.75) is 39.8 Å². The molecule has 6 heteroatoms. The average Bonchev–Trinajstić information content (AvgIpc) is 3.43. The Morgan fingerprint density at radius 2 is 1.81 bits per heavy atom. The maximum absolute atomic E-state index is 13.2. The summed E-state index contributed by atoms with van der Waals surface area (Å²) in [6.07, 6.45) is 9.10. The van der Waals surface area contributed by atoms with Crippen molar-refractivity contribution in [1.29, 1.82) is 0 Å². The molecular weight excluding hydrogens is 386 g/mol. The van der Waals surface area contributed by atoms with Crippen LogP contribution in [0.3, 0.4) is 0 Å². The maximum Gasteiger partial charge on any atom is 0.227 e. The molecule has 162 valence electrons. The molecule has 0 aliphatic carbocycles. The average molecular weight is 418 g/mol. The second-order valence-corrected chi connectivity index (χ2v) is 8.34. The van der Waals surface area contributed by atoms with Gasteiger partial charge in [-0.3, -0.25) is 14.7 Å². The molecule has 6 nitrogen and oxygen atoms in total. The molecule has 1 saturated heterocycles. The number of likely N-dealkylation sites (tertiary alicyclic amines) is 1. The van der Waals surface area contributed by atoms with Crippen molar-refractivity contribution < 1.29 is 4.79 Å². The summed E-state index contributed by atoms with van der Waals surface area (Å²) in [6, 6.07) is 12.6. The number of nitrogens with zero attached hydrogens (tertiary/aromatic N) is 4. The lowest BCUT2D eigenvalue weighted by Crippen LogP contribution is -2.44. The Morgan fingerprint density at radius 3 is 2.52 bits per heavy atom. The van der Waals surface area contributed by atoms with Crippen molar-refractivity contribution in [3.63, 3.8) is 0 Å². The van der Waals surface area contributed by atoms with Crippen molar-refractivity contribution in [3.05, 3.63) is 72.6 Å². The first-order chi connectivity index (χ1) is 15.1. The monoisotopic (exact) mass is 417 g/mol. The molecule has 0 radical (unpaired) electrons. The minimum absolute atomic E-state index is 0.162. The van der Waals surface area contributed by atoms with Gasteiger partial charge in [0.15, 0.2) is 0 Å². The number of aryl methyl sites for hydroxylation is 1. The molecule has 0 unspecified atom stereocenters. The number of pyridine rings is 1. The van der Waals surface area contributed by atoms with Crippen molar-refractivity contribution in [1.82, 2.24) is 24.8 Å². The molecule has 3 heterocycles. The number of aromatic nitrogens is 3. The Bertz CT molecular complexity index is 998. The quantitative estimate of drug-likeness (QED) is 0.609. The summed E-state index contributed by atoms with van der Waals surface area (Å²) in [4.78, 5) is 24.1. The number of carbonyl (C=O) groups is 1. The van der Waals surface area contributed by atoms with Gasteiger partial charge in [0.05, 0.1) is 12.0 Å². The second-order valence-electron chi connectivity index (χ2n) is 8.34. The fourth-order valence-electron chi connectivity index (χ4n) is 4.58. The Hall–Kier alpha value is -2.99. The van der Waals surface area contributed by atoms with E-state index in [9.17, 15) is 4.79 Å². The Kier molecular flexibility index (Phi) is 6.47. The van der Waals surface area contributed by atoms with Gasteiger partial charge in [-0.1, -0.05) is 24.3 Å². The second kappa shape index (κ2) is 9.43. The summed E-state index contributed by atoms with van der Waals surface area (Å²) < 4.78 is 2.17. The van der Waals surface area contributed by atoms with Gasteiger partial charge in [0.1, 0.15) is 5.82 Å². The van der Waals surface area contributed by atoms with Crippen LogP contribution in [0.15, 0.2) is 61.2 Å². The van der Waals surface area contributed by atoms with Crippen LogP contribution in [0, 0.1) is 5.41 Å². The third-order valence-electron chi connectivity index (χ3n) is 6.27. The van der Waals surface area contributed by atoms with Crippen molar-refractivity contribution in [2.24, 2.45) is 5.41 Å². The topological polar surface area (TPSA) is 63.1 Å². The minimum atomic E-state index is -0.405. The van der Waals surface area contributed by atoms with Crippen LogP contribution in [-0.4, -0.2) is 45.0 Å². The van der Waals surface area contributed by atoms with Crippen LogP contribution in [0.2, 0.25) is 0 Å². The van der Waals surface area contributed by atoms with Gasteiger partial charge in [-0.25, -0.2) is 4.98 Å². The number of imidazole rings is 1. The molecule has 0 bridgehead atoms. The van der Waals surface area contributed by atoms with Crippen LogP contribution in [-0.2, 0) is 24.3 Å². The van der Waals surface area contributed by atoms with Crippen LogP contribution in [0.1, 0.15) is 31.7 Å². The lowest BCUT2D eigenvalue weighted by molar-refractivity contribution is -0.130. The van der Waals surface area contributed by atoms with E-state index < -0.39 is 5.41 Å². The van der Waals surface area contributed by atoms with E-state index in [1.54, 1.807) is 0 Å². The Labute approximate surface area is 184 Å². The largest absolute Gasteiger partial charge is 0.356 e. The number of hydrogen-bond donors (Lipinski definition) is 1. The summed E-state index contributed by atoms with van der Waals surface area (Å²) >= 11 is 0. The molecule has 1 N–H and O–H groups in total. The molecule has 1 atom stereocenters.